The SMILES string of the molecule is COc1ccc(C(=O)CCCCC(=O)[NH2+][C@H](CN2CCCC2)[C@H](O)c2sccc2C)cc1. The number of aliphatic hydroxyl groups excluding tert-OH is 1. The number of primary amides is 1. The smallest absolute Gasteiger partial charge is 0.310 e. The average molecular weight is 460 g/mol. The molecule has 1 aliphatic heterocycles. The molecule has 1 saturated heterocycles. The largest absolute Gasteiger partial charge is 0.497 e. The molecule has 1 aromatic carbocycles. The summed E-state index contributed by atoms with van der Waals surface area (Å²) < 4.78 is 5.12. The summed E-state index contributed by atoms with van der Waals surface area (Å²) in [7, 11) is 1.60. The van der Waals surface area contributed by atoms with Gasteiger partial charge in [0.05, 0.1) is 20.1 Å². The Bertz CT molecular complexity index is 874. The van der Waals surface area contributed by atoms with Crippen molar-refractivity contribution in [1.82, 2.24) is 4.90 Å². The summed E-state index contributed by atoms with van der Waals surface area (Å²) >= 11 is 1.55. The fourth-order valence-electron chi connectivity index (χ4n) is 4.22. The van der Waals surface area contributed by atoms with Gasteiger partial charge in [-0.1, -0.05) is 0 Å². The summed E-state index contributed by atoms with van der Waals surface area (Å²) in [6, 6.07) is 8.92. The van der Waals surface area contributed by atoms with Crippen LogP contribution >= 0.6 is 11.3 Å². The van der Waals surface area contributed by atoms with Crippen LogP contribution in [0.2, 0.25) is 0 Å². The van der Waals surface area contributed by atoms with Gasteiger partial charge in [-0.05, 0) is 87.0 Å². The van der Waals surface area contributed by atoms with Crippen molar-refractivity contribution in [2.75, 3.05) is 26.7 Å². The second kappa shape index (κ2) is 12.3. The van der Waals surface area contributed by atoms with Crippen molar-refractivity contribution >= 4 is 23.0 Å². The first-order chi connectivity index (χ1) is 15.5. The number of rotatable bonds is 12. The maximum Gasteiger partial charge on any atom is 0.310 e. The minimum Gasteiger partial charge on any atom is -0.497 e. The Balaban J connectivity index is 1.47. The van der Waals surface area contributed by atoms with Crippen LogP contribution < -0.4 is 10.1 Å². The van der Waals surface area contributed by atoms with E-state index in [0.717, 1.165) is 29.3 Å². The molecular formula is C25H35N2O4S+. The fraction of sp³-hybridized carbons (Fsp3) is 0.520. The van der Waals surface area contributed by atoms with Crippen LogP contribution in [-0.4, -0.2) is 54.5 Å². The highest BCUT2D eigenvalue weighted by molar-refractivity contribution is 7.10. The average Bonchev–Trinajstić information content (AvgIpc) is 3.47. The number of benzene rings is 1. The van der Waals surface area contributed by atoms with E-state index >= 15 is 0 Å². The lowest BCUT2D eigenvalue weighted by atomic mass is 10.0. The first kappa shape index (κ1) is 24.6. The molecule has 1 aliphatic rings. The molecule has 3 N–H and O–H groups in total. The Morgan fingerprint density at radius 3 is 2.44 bits per heavy atom. The number of likely N-dealkylation sites (tertiary alicyclic amines) is 1. The van der Waals surface area contributed by atoms with Gasteiger partial charge in [0.25, 0.3) is 0 Å². The number of carbonyl (C=O) groups excluding carboxylic acids is 2. The molecule has 1 fully saturated rings. The predicted octanol–water partition coefficient (Wildman–Crippen LogP) is 3.10. The fourth-order valence-corrected chi connectivity index (χ4v) is 5.20. The lowest BCUT2D eigenvalue weighted by molar-refractivity contribution is -0.616. The molecule has 1 amide bonds. The highest BCUT2D eigenvalue weighted by Crippen LogP contribution is 2.26. The first-order valence-corrected chi connectivity index (χ1v) is 12.3. The summed E-state index contributed by atoms with van der Waals surface area (Å²) in [4.78, 5) is 28.3. The number of ketones is 1. The van der Waals surface area contributed by atoms with E-state index in [0.29, 0.717) is 37.8 Å². The second-order valence-electron chi connectivity index (χ2n) is 8.58. The van der Waals surface area contributed by atoms with Crippen LogP contribution in [0.4, 0.5) is 0 Å². The zero-order chi connectivity index (χ0) is 22.9. The van der Waals surface area contributed by atoms with Gasteiger partial charge >= 0.3 is 5.91 Å². The topological polar surface area (TPSA) is 83.5 Å². The normalized spacial score (nSPS) is 16.1. The van der Waals surface area contributed by atoms with E-state index in [4.69, 9.17) is 4.74 Å². The van der Waals surface area contributed by atoms with Crippen molar-refractivity contribution in [2.45, 2.75) is 57.6 Å². The number of hydrogen-bond donors (Lipinski definition) is 2. The Labute approximate surface area is 194 Å². The summed E-state index contributed by atoms with van der Waals surface area (Å²) in [6.45, 7) is 4.77. The number of thiophene rings is 1. The third kappa shape index (κ3) is 6.97. The molecule has 2 heterocycles. The second-order valence-corrected chi connectivity index (χ2v) is 9.52. The van der Waals surface area contributed by atoms with Crippen LogP contribution in [0.1, 0.15) is 65.4 Å². The summed E-state index contributed by atoms with van der Waals surface area (Å²) in [5.74, 6) is 0.866. The standard InChI is InChI=1S/C25H34N2O4S/c1-18-13-16-32-25(18)24(30)21(17-27-14-5-6-15-27)26-23(29)8-4-3-7-22(28)19-9-11-20(31-2)12-10-19/h9-13,16,21,24,30H,3-8,14-15,17H2,1-2H3,(H,26,29)/p+1/t21-,24+/m1/s1. The number of methoxy groups -OCH3 is 1. The number of ether oxygens (including phenoxy) is 1. The third-order valence-corrected chi connectivity index (χ3v) is 7.22. The monoisotopic (exact) mass is 459 g/mol. The van der Waals surface area contributed by atoms with Gasteiger partial charge < -0.3 is 9.84 Å². The molecule has 0 saturated carbocycles. The highest BCUT2D eigenvalue weighted by atomic mass is 32.1. The van der Waals surface area contributed by atoms with E-state index in [2.05, 4.69) is 4.90 Å². The summed E-state index contributed by atoms with van der Waals surface area (Å²) in [5.41, 5.74) is 1.75. The van der Waals surface area contributed by atoms with Crippen LogP contribution in [-0.2, 0) is 4.79 Å². The molecule has 0 unspecified atom stereocenters. The number of nitrogens with two attached hydrogens (primary N) is 1. The molecule has 7 heteroatoms. The minimum absolute atomic E-state index is 0.0550. The molecule has 0 bridgehead atoms. The molecular weight excluding hydrogens is 424 g/mol. The molecule has 3 rings (SSSR count). The Kier molecular flexibility index (Phi) is 9.41. The van der Waals surface area contributed by atoms with Crippen molar-refractivity contribution < 1.29 is 24.7 Å². The molecule has 0 aliphatic carbocycles. The highest BCUT2D eigenvalue weighted by Gasteiger charge is 2.31. The van der Waals surface area contributed by atoms with E-state index in [9.17, 15) is 14.7 Å². The van der Waals surface area contributed by atoms with Crippen molar-refractivity contribution in [3.05, 3.63) is 51.7 Å². The van der Waals surface area contributed by atoms with E-state index in [-0.39, 0.29) is 17.7 Å². The minimum atomic E-state index is -0.656. The van der Waals surface area contributed by atoms with Gasteiger partial charge in [0.2, 0.25) is 0 Å². The van der Waals surface area contributed by atoms with E-state index in [1.807, 2.05) is 18.4 Å². The maximum absolute atomic E-state index is 12.7. The lowest BCUT2D eigenvalue weighted by Crippen LogP contribution is -2.95. The van der Waals surface area contributed by atoms with E-state index in [1.165, 1.54) is 12.8 Å². The quantitative estimate of drug-likeness (QED) is 0.376. The predicted molar refractivity (Wildman–Crippen MR) is 126 cm³/mol. The zero-order valence-corrected chi connectivity index (χ0v) is 19.9. The van der Waals surface area contributed by atoms with Gasteiger partial charge in [0.15, 0.2) is 5.78 Å². The van der Waals surface area contributed by atoms with Crippen molar-refractivity contribution in [3.63, 3.8) is 0 Å². The Morgan fingerprint density at radius 1 is 1.12 bits per heavy atom. The molecule has 0 radical (unpaired) electrons. The van der Waals surface area contributed by atoms with Crippen LogP contribution in [0, 0.1) is 6.92 Å². The summed E-state index contributed by atoms with van der Waals surface area (Å²) in [6.07, 6.45) is 3.87. The van der Waals surface area contributed by atoms with Crippen LogP contribution in [0.15, 0.2) is 35.7 Å². The maximum atomic E-state index is 12.7. The van der Waals surface area contributed by atoms with Gasteiger partial charge in [-0.3, -0.25) is 15.0 Å². The molecule has 6 nitrogen and oxygen atoms in total. The number of Topliss-reactive ketones (excluding diaryl/α,β-unsaturated/α-hetero) is 1. The molecule has 1 aromatic heterocycles. The van der Waals surface area contributed by atoms with Gasteiger partial charge in [0.1, 0.15) is 17.9 Å². The van der Waals surface area contributed by atoms with Crippen molar-refractivity contribution in [3.8, 4) is 5.75 Å². The van der Waals surface area contributed by atoms with Gasteiger partial charge in [-0.25, -0.2) is 4.79 Å². The third-order valence-electron chi connectivity index (χ3n) is 6.13. The first-order valence-electron chi connectivity index (χ1n) is 11.5. The van der Waals surface area contributed by atoms with Gasteiger partial charge in [-0.15, -0.1) is 11.3 Å². The number of hydrogen-bond acceptors (Lipinski definition) is 6. The molecule has 174 valence electrons. The number of carbonyl (C=O) groups is 2. The number of nitrogens with zero attached hydrogens (tertiary/aromatic N) is 1. The van der Waals surface area contributed by atoms with Crippen LogP contribution in [0.3, 0.4) is 0 Å². The number of aliphatic hydroxyl groups is 1. The number of quaternary nitrogens is 1. The molecule has 2 atom stereocenters. The van der Waals surface area contributed by atoms with Crippen LogP contribution in [0.5, 0.6) is 5.75 Å². The van der Waals surface area contributed by atoms with Crippen molar-refractivity contribution in [1.29, 1.82) is 0 Å². The number of unbranched alkanes of at least 4 members (excludes halogenated alkanes) is 1. The molecule has 32 heavy (non-hydrogen) atoms. The Hall–Kier alpha value is -2.06. The molecule has 0 spiro atoms. The number of amides is 1. The zero-order valence-electron chi connectivity index (χ0n) is 19.1. The van der Waals surface area contributed by atoms with Crippen molar-refractivity contribution in [2.24, 2.45) is 0 Å². The summed E-state index contributed by atoms with van der Waals surface area (Å²) in [5, 5.41) is 14.7. The van der Waals surface area contributed by atoms with Gasteiger partial charge in [0, 0.05) is 16.9 Å². The lowest BCUT2D eigenvalue weighted by Gasteiger charge is -2.25. The van der Waals surface area contributed by atoms with E-state index in [1.54, 1.807) is 48.0 Å². The Morgan fingerprint density at radius 2 is 1.81 bits per heavy atom. The van der Waals surface area contributed by atoms with Gasteiger partial charge in [-0.2, -0.15) is 0 Å². The molecule has 2 aromatic rings. The van der Waals surface area contributed by atoms with Crippen LogP contribution in [0.25, 0.3) is 0 Å². The van der Waals surface area contributed by atoms with E-state index < -0.39 is 6.10 Å². The number of aryl methyl sites for hydroxylation is 1.